The van der Waals surface area contributed by atoms with Crippen LogP contribution in [0.2, 0.25) is 0 Å². The minimum absolute atomic E-state index is 0.00193. The third-order valence-electron chi connectivity index (χ3n) is 20.3. The van der Waals surface area contributed by atoms with Crippen molar-refractivity contribution in [3.8, 4) is 0 Å². The van der Waals surface area contributed by atoms with Gasteiger partial charge in [0, 0.05) is 19.3 Å². The van der Waals surface area contributed by atoms with Gasteiger partial charge in [-0.3, -0.25) is 4.79 Å². The van der Waals surface area contributed by atoms with E-state index in [1.54, 1.807) is 0 Å². The summed E-state index contributed by atoms with van der Waals surface area (Å²) in [6, 6.07) is 0. The Kier molecular flexibility index (Phi) is 17.2. The first-order valence-electron chi connectivity index (χ1n) is 27.8. The molecule has 0 aromatic carbocycles. The molecule has 10 rings (SSSR count). The van der Waals surface area contributed by atoms with Crippen LogP contribution >= 0.6 is 0 Å². The van der Waals surface area contributed by atoms with Crippen LogP contribution in [0.15, 0.2) is 0 Å². The number of aliphatic hydroxyl groups excluding tert-OH is 13. The van der Waals surface area contributed by atoms with Crippen molar-refractivity contribution in [2.24, 2.45) is 52.3 Å². The van der Waals surface area contributed by atoms with Crippen molar-refractivity contribution in [2.45, 2.75) is 233 Å². The Balaban J connectivity index is 0.840. The molecule has 13 N–H and O–H groups in total. The minimum Gasteiger partial charge on any atom is -0.457 e. The zero-order chi connectivity index (χ0) is 55.4. The summed E-state index contributed by atoms with van der Waals surface area (Å²) in [5.41, 5.74) is -0.477. The quantitative estimate of drug-likeness (QED) is 0.0659. The van der Waals surface area contributed by atoms with E-state index in [0.717, 1.165) is 39.0 Å². The second-order valence-electron chi connectivity index (χ2n) is 24.7. The summed E-state index contributed by atoms with van der Waals surface area (Å²) < 4.78 is 66.4. The normalized spacial score (nSPS) is 56.7. The van der Waals surface area contributed by atoms with Gasteiger partial charge >= 0.3 is 5.97 Å². The van der Waals surface area contributed by atoms with Gasteiger partial charge in [-0.1, -0.05) is 27.7 Å². The van der Waals surface area contributed by atoms with Crippen molar-refractivity contribution in [1.29, 1.82) is 0 Å². The van der Waals surface area contributed by atoms with Crippen molar-refractivity contribution in [2.75, 3.05) is 33.0 Å². The van der Waals surface area contributed by atoms with Gasteiger partial charge in [-0.15, -0.1) is 0 Å². The second kappa shape index (κ2) is 22.6. The molecule has 0 aromatic rings. The molecular weight excluding hydrogens is 1020 g/mol. The maximum atomic E-state index is 12.2. The maximum Gasteiger partial charge on any atom is 0.303 e. The maximum absolute atomic E-state index is 12.2. The first-order valence-corrected chi connectivity index (χ1v) is 27.8. The van der Waals surface area contributed by atoms with Crippen LogP contribution in [0.5, 0.6) is 0 Å². The molecule has 0 bridgehead atoms. The highest BCUT2D eigenvalue weighted by molar-refractivity contribution is 5.66. The monoisotopic (exact) mass is 1110 g/mol. The molecule has 4 aliphatic carbocycles. The van der Waals surface area contributed by atoms with E-state index in [9.17, 15) is 71.2 Å². The van der Waals surface area contributed by atoms with Crippen LogP contribution in [0.25, 0.3) is 0 Å². The molecule has 0 radical (unpaired) electrons. The standard InChI is InChI=1S/C52H84O25/c1-19-6-9-52(68-17-19)20(2)34-30(77-52)11-24-22-10-26(57)25-12-29(27(58)13-51(25,5)23(22)7-8-50(24,34)4)70-47-40(65)38(63)43(33(16-55)73-47)74-49-45(76-48-39(64)37(62)35(60)31(14-53)71-48)44(36(61)32(15-54)72-49)75-46-41(66)42(69-21(3)56)28(59)18-67-46/h19-20,22-49,53-55,57-66H,6-18H2,1-5H3/t19-,20+,22-,23+,24+,25-,26-,27-,28-,29-,30+,31-,32-,33-,34+,35-,36-,37+,38-,39-,40-,41-,42+,43+,44+,45-,46+,47-,48+,49+,50+,51-,52-/m1/s1. The Bertz CT molecular complexity index is 2010. The van der Waals surface area contributed by atoms with E-state index in [0.29, 0.717) is 30.8 Å². The summed E-state index contributed by atoms with van der Waals surface area (Å²) in [4.78, 5) is 11.9. The summed E-state index contributed by atoms with van der Waals surface area (Å²) >= 11 is 0. The summed E-state index contributed by atoms with van der Waals surface area (Å²) in [5, 5.41) is 144. The highest BCUT2D eigenvalue weighted by Crippen LogP contribution is 2.71. The fraction of sp³-hybridized carbons (Fsp3) is 0.981. The first kappa shape index (κ1) is 58.7. The van der Waals surface area contributed by atoms with E-state index < -0.39 is 179 Å². The largest absolute Gasteiger partial charge is 0.457 e. The molecule has 25 heteroatoms. The Morgan fingerprint density at radius 1 is 0.558 bits per heavy atom. The van der Waals surface area contributed by atoms with Crippen molar-refractivity contribution in [1.82, 2.24) is 0 Å². The summed E-state index contributed by atoms with van der Waals surface area (Å²) in [5.74, 6) is 0.0593. The highest BCUT2D eigenvalue weighted by Gasteiger charge is 2.70. The van der Waals surface area contributed by atoms with Crippen LogP contribution in [0, 0.1) is 52.3 Å². The van der Waals surface area contributed by atoms with E-state index >= 15 is 0 Å². The average molecular weight is 1110 g/mol. The fourth-order valence-electron chi connectivity index (χ4n) is 16.3. The number of fused-ring (bicyclic) bond motifs is 7. The lowest BCUT2D eigenvalue weighted by molar-refractivity contribution is -0.404. The summed E-state index contributed by atoms with van der Waals surface area (Å²) in [6.45, 7) is 7.55. The number of carbonyl (C=O) groups excluding carboxylic acids is 1. The molecule has 1 spiro atoms. The van der Waals surface area contributed by atoms with E-state index in [2.05, 4.69) is 27.7 Å². The van der Waals surface area contributed by atoms with Gasteiger partial charge in [0.2, 0.25) is 0 Å². The average Bonchev–Trinajstić information content (AvgIpc) is 4.12. The third-order valence-corrected chi connectivity index (χ3v) is 20.3. The summed E-state index contributed by atoms with van der Waals surface area (Å²) in [7, 11) is 0. The van der Waals surface area contributed by atoms with Gasteiger partial charge in [0.05, 0.1) is 57.5 Å². The zero-order valence-corrected chi connectivity index (χ0v) is 44.2. The van der Waals surface area contributed by atoms with Crippen LogP contribution in [-0.2, 0) is 56.9 Å². The third kappa shape index (κ3) is 10.3. The number of rotatable bonds is 12. The molecule has 0 aromatic heterocycles. The Morgan fingerprint density at radius 2 is 1.19 bits per heavy atom. The predicted octanol–water partition coefficient (Wildman–Crippen LogP) is -3.76. The zero-order valence-electron chi connectivity index (χ0n) is 44.2. The SMILES string of the molecule is CC(=O)O[C@@H]1[C@@H](O)[C@H](O[C@H]2[C@H](O)[C@@H](CO)O[C@@H](O[C@@H]3[C@H](O)[C@@H](O)[C@H](O[C@@H]4C[C@@H]5[C@H](O)C[C@@H]6[C@H](CC[C@]7(C)[C@@H]8[C@H](C[C@@H]67)O[C@]6(CC[C@@H](C)CO6)[C@H]8C)[C@@]5(C)C[C@H]4O)O[C@@H]3CO)[C@@H]2O[C@@H]2O[C@H](CO)[C@@H](O)[C@H](O)[C@H]2O)OC[C@H]1O. The van der Waals surface area contributed by atoms with Gasteiger partial charge in [-0.2, -0.15) is 0 Å². The number of carbonyl (C=O) groups is 1. The molecule has 442 valence electrons. The molecule has 33 atom stereocenters. The number of aliphatic hydroxyl groups is 13. The van der Waals surface area contributed by atoms with Crippen LogP contribution < -0.4 is 0 Å². The molecule has 6 aliphatic heterocycles. The molecule has 0 amide bonds. The van der Waals surface area contributed by atoms with Gasteiger partial charge in [-0.25, -0.2) is 0 Å². The van der Waals surface area contributed by atoms with Crippen LogP contribution in [-0.4, -0.2) is 252 Å². The highest BCUT2D eigenvalue weighted by atomic mass is 16.8. The van der Waals surface area contributed by atoms with E-state index in [-0.39, 0.29) is 48.0 Å². The lowest BCUT2D eigenvalue weighted by Crippen LogP contribution is -2.68. The molecule has 6 saturated heterocycles. The topological polar surface area (TPSA) is 382 Å². The fourth-order valence-corrected chi connectivity index (χ4v) is 16.3. The Hall–Kier alpha value is -1.45. The van der Waals surface area contributed by atoms with Crippen LogP contribution in [0.3, 0.4) is 0 Å². The van der Waals surface area contributed by atoms with Gasteiger partial charge < -0.3 is 118 Å². The van der Waals surface area contributed by atoms with E-state index in [1.807, 2.05) is 0 Å². The molecule has 4 saturated carbocycles. The number of ether oxygens (including phenoxy) is 11. The van der Waals surface area contributed by atoms with E-state index in [4.69, 9.17) is 52.1 Å². The number of hydrogen-bond donors (Lipinski definition) is 13. The lowest BCUT2D eigenvalue weighted by Gasteiger charge is -2.63. The van der Waals surface area contributed by atoms with Crippen molar-refractivity contribution < 1.29 is 123 Å². The van der Waals surface area contributed by atoms with Crippen LogP contribution in [0.1, 0.15) is 86.0 Å². The number of hydrogen-bond acceptors (Lipinski definition) is 25. The molecule has 0 unspecified atom stereocenters. The molecule has 10 fully saturated rings. The van der Waals surface area contributed by atoms with Crippen molar-refractivity contribution in [3.63, 3.8) is 0 Å². The minimum atomic E-state index is -2.06. The lowest BCUT2D eigenvalue weighted by atomic mass is 9.43. The molecular formula is C52H84O25. The van der Waals surface area contributed by atoms with Crippen molar-refractivity contribution >= 4 is 5.97 Å². The van der Waals surface area contributed by atoms with Gasteiger partial charge in [0.25, 0.3) is 0 Å². The van der Waals surface area contributed by atoms with Gasteiger partial charge in [0.1, 0.15) is 85.5 Å². The van der Waals surface area contributed by atoms with Gasteiger partial charge in [-0.05, 0) is 91.3 Å². The van der Waals surface area contributed by atoms with Gasteiger partial charge in [0.15, 0.2) is 37.1 Å². The molecule has 10 aliphatic rings. The summed E-state index contributed by atoms with van der Waals surface area (Å²) in [6.07, 6.45) is -31.4. The van der Waals surface area contributed by atoms with Crippen LogP contribution in [0.4, 0.5) is 0 Å². The molecule has 6 heterocycles. The van der Waals surface area contributed by atoms with Crippen molar-refractivity contribution in [3.05, 3.63) is 0 Å². The Morgan fingerprint density at radius 3 is 1.87 bits per heavy atom. The van der Waals surface area contributed by atoms with E-state index in [1.165, 1.54) is 0 Å². The predicted molar refractivity (Wildman–Crippen MR) is 255 cm³/mol. The smallest absolute Gasteiger partial charge is 0.303 e. The second-order valence-corrected chi connectivity index (χ2v) is 24.7. The first-order chi connectivity index (χ1) is 36.5. The Labute approximate surface area is 446 Å². The molecule has 25 nitrogen and oxygen atoms in total. The molecule has 77 heavy (non-hydrogen) atoms. The number of esters is 1.